The highest BCUT2D eigenvalue weighted by atomic mass is 19.1. The third-order valence-corrected chi connectivity index (χ3v) is 2.68. The van der Waals surface area contributed by atoms with Crippen LogP contribution in [0.4, 0.5) is 10.2 Å². The van der Waals surface area contributed by atoms with Crippen molar-refractivity contribution < 1.29 is 9.18 Å². The van der Waals surface area contributed by atoms with Crippen LogP contribution in [-0.2, 0) is 11.3 Å². The molecule has 0 aliphatic carbocycles. The summed E-state index contributed by atoms with van der Waals surface area (Å²) in [6.45, 7) is 2.28. The summed E-state index contributed by atoms with van der Waals surface area (Å²) in [4.78, 5) is 11.4. The van der Waals surface area contributed by atoms with Crippen LogP contribution >= 0.6 is 0 Å². The minimum Gasteiger partial charge on any atom is -0.309 e. The number of carbonyl (C=O) groups is 1. The largest absolute Gasteiger partial charge is 0.309 e. The van der Waals surface area contributed by atoms with E-state index in [0.29, 0.717) is 24.3 Å². The summed E-state index contributed by atoms with van der Waals surface area (Å²) in [7, 11) is 0. The molecule has 4 nitrogen and oxygen atoms in total. The molecule has 5 heteroatoms. The zero-order valence-electron chi connectivity index (χ0n) is 10.8. The molecule has 1 aromatic heterocycles. The second-order valence-electron chi connectivity index (χ2n) is 4.29. The standard InChI is InChI=1S/C14H16FN3O/c1-2-5-14(19)16-13-8-9-18(17-13)10-11-6-3-4-7-12(11)15/h3-4,6-9H,2,5,10H2,1H3,(H,16,17,19). The van der Waals surface area contributed by atoms with E-state index in [2.05, 4.69) is 10.4 Å². The van der Waals surface area contributed by atoms with Crippen molar-refractivity contribution in [3.05, 3.63) is 47.9 Å². The molecule has 1 heterocycles. The van der Waals surface area contributed by atoms with E-state index in [-0.39, 0.29) is 11.7 Å². The topological polar surface area (TPSA) is 46.9 Å². The van der Waals surface area contributed by atoms with Gasteiger partial charge in [0.1, 0.15) is 5.82 Å². The highest BCUT2D eigenvalue weighted by molar-refractivity contribution is 5.89. The van der Waals surface area contributed by atoms with Gasteiger partial charge in [-0.1, -0.05) is 25.1 Å². The Hall–Kier alpha value is -2.17. The lowest BCUT2D eigenvalue weighted by molar-refractivity contribution is -0.116. The first-order chi connectivity index (χ1) is 9.19. The fourth-order valence-corrected chi connectivity index (χ4v) is 1.75. The molecule has 2 rings (SSSR count). The molecular weight excluding hydrogens is 245 g/mol. The third kappa shape index (κ3) is 3.64. The van der Waals surface area contributed by atoms with Gasteiger partial charge in [-0.05, 0) is 12.5 Å². The Kier molecular flexibility index (Phi) is 4.28. The summed E-state index contributed by atoms with van der Waals surface area (Å²) in [5, 5.41) is 6.89. The molecule has 0 aliphatic rings. The van der Waals surface area contributed by atoms with E-state index in [9.17, 15) is 9.18 Å². The SMILES string of the molecule is CCCC(=O)Nc1ccn(Cc2ccccc2F)n1. The summed E-state index contributed by atoms with van der Waals surface area (Å²) >= 11 is 0. The Morgan fingerprint density at radius 3 is 2.89 bits per heavy atom. The Labute approximate surface area is 111 Å². The molecule has 0 saturated carbocycles. The molecular formula is C14H16FN3O. The number of amides is 1. The minimum absolute atomic E-state index is 0.0568. The van der Waals surface area contributed by atoms with Crippen LogP contribution in [0.5, 0.6) is 0 Å². The predicted octanol–water partition coefficient (Wildman–Crippen LogP) is 2.81. The van der Waals surface area contributed by atoms with Crippen molar-refractivity contribution >= 4 is 11.7 Å². The van der Waals surface area contributed by atoms with Crippen molar-refractivity contribution in [3.8, 4) is 0 Å². The number of carbonyl (C=O) groups excluding carboxylic acids is 1. The fourth-order valence-electron chi connectivity index (χ4n) is 1.75. The van der Waals surface area contributed by atoms with Gasteiger partial charge >= 0.3 is 0 Å². The molecule has 0 unspecified atom stereocenters. The van der Waals surface area contributed by atoms with Crippen molar-refractivity contribution in [1.82, 2.24) is 9.78 Å². The second-order valence-corrected chi connectivity index (χ2v) is 4.29. The van der Waals surface area contributed by atoms with Gasteiger partial charge in [-0.3, -0.25) is 9.48 Å². The molecule has 1 aromatic carbocycles. The maximum atomic E-state index is 13.5. The number of nitrogens with zero attached hydrogens (tertiary/aromatic N) is 2. The van der Waals surface area contributed by atoms with E-state index < -0.39 is 0 Å². The van der Waals surface area contributed by atoms with Crippen molar-refractivity contribution in [2.45, 2.75) is 26.3 Å². The molecule has 0 radical (unpaired) electrons. The molecule has 19 heavy (non-hydrogen) atoms. The van der Waals surface area contributed by atoms with E-state index >= 15 is 0 Å². The van der Waals surface area contributed by atoms with Crippen LogP contribution < -0.4 is 5.32 Å². The second kappa shape index (κ2) is 6.13. The quantitative estimate of drug-likeness (QED) is 0.899. The van der Waals surface area contributed by atoms with Crippen LogP contribution in [0.15, 0.2) is 36.5 Å². The summed E-state index contributed by atoms with van der Waals surface area (Å²) in [6.07, 6.45) is 2.98. The Balaban J connectivity index is 2.02. The maximum Gasteiger partial charge on any atom is 0.225 e. The van der Waals surface area contributed by atoms with Crippen LogP contribution in [0.1, 0.15) is 25.3 Å². The number of aromatic nitrogens is 2. The van der Waals surface area contributed by atoms with Gasteiger partial charge in [0.15, 0.2) is 5.82 Å². The van der Waals surface area contributed by atoms with Gasteiger partial charge < -0.3 is 5.32 Å². The van der Waals surface area contributed by atoms with E-state index in [4.69, 9.17) is 0 Å². The number of rotatable bonds is 5. The van der Waals surface area contributed by atoms with Crippen molar-refractivity contribution in [2.75, 3.05) is 5.32 Å². The van der Waals surface area contributed by atoms with Gasteiger partial charge in [0.2, 0.25) is 5.91 Å². The van der Waals surface area contributed by atoms with Gasteiger partial charge in [0, 0.05) is 24.2 Å². The highest BCUT2D eigenvalue weighted by Gasteiger charge is 2.06. The lowest BCUT2D eigenvalue weighted by Crippen LogP contribution is -2.11. The van der Waals surface area contributed by atoms with Crippen LogP contribution in [0.3, 0.4) is 0 Å². The van der Waals surface area contributed by atoms with Gasteiger partial charge in [-0.2, -0.15) is 5.10 Å². The summed E-state index contributed by atoms with van der Waals surface area (Å²) in [6, 6.07) is 8.27. The van der Waals surface area contributed by atoms with E-state index in [1.807, 2.05) is 6.92 Å². The Morgan fingerprint density at radius 1 is 1.37 bits per heavy atom. The van der Waals surface area contributed by atoms with Crippen molar-refractivity contribution in [3.63, 3.8) is 0 Å². The minimum atomic E-state index is -0.255. The smallest absolute Gasteiger partial charge is 0.225 e. The monoisotopic (exact) mass is 261 g/mol. The number of hydrogen-bond acceptors (Lipinski definition) is 2. The first kappa shape index (κ1) is 13.3. The summed E-state index contributed by atoms with van der Waals surface area (Å²) < 4.78 is 15.1. The van der Waals surface area contributed by atoms with E-state index in [1.165, 1.54) is 6.07 Å². The first-order valence-electron chi connectivity index (χ1n) is 6.25. The normalized spacial score (nSPS) is 10.4. The van der Waals surface area contributed by atoms with Crippen molar-refractivity contribution in [1.29, 1.82) is 0 Å². The van der Waals surface area contributed by atoms with E-state index in [0.717, 1.165) is 6.42 Å². The molecule has 0 saturated heterocycles. The molecule has 0 fully saturated rings. The number of benzene rings is 1. The Morgan fingerprint density at radius 2 is 2.16 bits per heavy atom. The molecule has 2 aromatic rings. The highest BCUT2D eigenvalue weighted by Crippen LogP contribution is 2.10. The molecule has 0 bridgehead atoms. The number of hydrogen-bond donors (Lipinski definition) is 1. The predicted molar refractivity (Wildman–Crippen MR) is 71.3 cm³/mol. The van der Waals surface area contributed by atoms with Gasteiger partial charge in [0.05, 0.1) is 6.54 Å². The molecule has 0 spiro atoms. The van der Waals surface area contributed by atoms with Crippen LogP contribution in [0.2, 0.25) is 0 Å². The lowest BCUT2D eigenvalue weighted by atomic mass is 10.2. The third-order valence-electron chi connectivity index (χ3n) is 2.68. The molecule has 1 N–H and O–H groups in total. The van der Waals surface area contributed by atoms with Crippen LogP contribution in [-0.4, -0.2) is 15.7 Å². The number of halogens is 1. The zero-order chi connectivity index (χ0) is 13.7. The fraction of sp³-hybridized carbons (Fsp3) is 0.286. The van der Waals surface area contributed by atoms with Crippen LogP contribution in [0, 0.1) is 5.82 Å². The van der Waals surface area contributed by atoms with Gasteiger partial charge in [-0.25, -0.2) is 4.39 Å². The van der Waals surface area contributed by atoms with Gasteiger partial charge in [0.25, 0.3) is 0 Å². The first-order valence-corrected chi connectivity index (χ1v) is 6.25. The average molecular weight is 261 g/mol. The van der Waals surface area contributed by atoms with Crippen molar-refractivity contribution in [2.24, 2.45) is 0 Å². The summed E-state index contributed by atoms with van der Waals surface area (Å²) in [5.74, 6) is 0.183. The molecule has 1 amide bonds. The lowest BCUT2D eigenvalue weighted by Gasteiger charge is -2.03. The number of anilines is 1. The average Bonchev–Trinajstić information content (AvgIpc) is 2.80. The van der Waals surface area contributed by atoms with Crippen LogP contribution in [0.25, 0.3) is 0 Å². The molecule has 100 valence electrons. The van der Waals surface area contributed by atoms with Gasteiger partial charge in [-0.15, -0.1) is 0 Å². The zero-order valence-corrected chi connectivity index (χ0v) is 10.8. The Bertz CT molecular complexity index is 565. The summed E-state index contributed by atoms with van der Waals surface area (Å²) in [5.41, 5.74) is 0.567. The maximum absolute atomic E-state index is 13.5. The van der Waals surface area contributed by atoms with E-state index in [1.54, 1.807) is 35.1 Å². The number of nitrogens with one attached hydrogen (secondary N) is 1. The molecule has 0 aliphatic heterocycles. The molecule has 0 atom stereocenters.